The Balaban J connectivity index is 1.86. The van der Waals surface area contributed by atoms with E-state index in [9.17, 15) is 17.6 Å². The third-order valence-electron chi connectivity index (χ3n) is 4.49. The monoisotopic (exact) mass is 408 g/mol. The summed E-state index contributed by atoms with van der Waals surface area (Å²) in [6, 6.07) is 11.8. The van der Waals surface area contributed by atoms with Gasteiger partial charge >= 0.3 is 0 Å². The fraction of sp³-hybridized carbons (Fsp3) is 0.316. The number of nitrogens with one attached hydrogen (secondary N) is 1. The first kappa shape index (κ1) is 19.9. The molecule has 0 radical (unpaired) electrons. The molecular formula is C19H21FN2O3S2. The van der Waals surface area contributed by atoms with E-state index in [2.05, 4.69) is 4.72 Å². The first-order valence-electron chi connectivity index (χ1n) is 8.59. The Hall–Kier alpha value is -1.90. The summed E-state index contributed by atoms with van der Waals surface area (Å²) in [6.45, 7) is 0.509. The van der Waals surface area contributed by atoms with E-state index < -0.39 is 26.8 Å². The summed E-state index contributed by atoms with van der Waals surface area (Å²) in [4.78, 5) is 14.3. The van der Waals surface area contributed by atoms with Crippen molar-refractivity contribution in [2.24, 2.45) is 0 Å². The van der Waals surface area contributed by atoms with Crippen molar-refractivity contribution in [3.63, 3.8) is 0 Å². The fourth-order valence-electron chi connectivity index (χ4n) is 3.14. The molecule has 144 valence electrons. The number of nitrogens with zero attached hydrogens (tertiary/aromatic N) is 1. The molecule has 1 atom stereocenters. The van der Waals surface area contributed by atoms with Gasteiger partial charge in [-0.2, -0.15) is 16.5 Å². The SMILES string of the molecule is CSCCC(NS(=O)(=O)c1ccccc1F)C(=O)N1CCc2ccccc21. The fourth-order valence-corrected chi connectivity index (χ4v) is 4.91. The van der Waals surface area contributed by atoms with Crippen molar-refractivity contribution < 1.29 is 17.6 Å². The molecule has 1 N–H and O–H groups in total. The first-order valence-corrected chi connectivity index (χ1v) is 11.5. The van der Waals surface area contributed by atoms with Gasteiger partial charge in [0, 0.05) is 12.2 Å². The van der Waals surface area contributed by atoms with Crippen LogP contribution < -0.4 is 9.62 Å². The Kier molecular flexibility index (Phi) is 6.18. The minimum Gasteiger partial charge on any atom is -0.310 e. The van der Waals surface area contributed by atoms with E-state index in [4.69, 9.17) is 0 Å². The second-order valence-electron chi connectivity index (χ2n) is 6.25. The number of rotatable bonds is 7. The predicted molar refractivity (Wildman–Crippen MR) is 106 cm³/mol. The van der Waals surface area contributed by atoms with Gasteiger partial charge in [-0.05, 0) is 48.6 Å². The van der Waals surface area contributed by atoms with Crippen LogP contribution in [0.4, 0.5) is 10.1 Å². The van der Waals surface area contributed by atoms with Crippen LogP contribution in [-0.2, 0) is 21.2 Å². The molecule has 5 nitrogen and oxygen atoms in total. The number of halogens is 1. The maximum atomic E-state index is 14.0. The number of hydrogen-bond acceptors (Lipinski definition) is 4. The number of carbonyl (C=O) groups is 1. The smallest absolute Gasteiger partial charge is 0.245 e. The second kappa shape index (κ2) is 8.41. The molecule has 3 rings (SSSR count). The van der Waals surface area contributed by atoms with Crippen LogP contribution in [0.1, 0.15) is 12.0 Å². The lowest BCUT2D eigenvalue weighted by molar-refractivity contribution is -0.120. The lowest BCUT2D eigenvalue weighted by Crippen LogP contribution is -2.48. The topological polar surface area (TPSA) is 66.5 Å². The zero-order chi connectivity index (χ0) is 19.4. The highest BCUT2D eigenvalue weighted by Crippen LogP contribution is 2.28. The summed E-state index contributed by atoms with van der Waals surface area (Å²) >= 11 is 1.52. The van der Waals surface area contributed by atoms with Crippen molar-refractivity contribution in [1.82, 2.24) is 4.72 Å². The van der Waals surface area contributed by atoms with Crippen molar-refractivity contribution in [2.75, 3.05) is 23.5 Å². The van der Waals surface area contributed by atoms with Crippen LogP contribution in [0.15, 0.2) is 53.4 Å². The number of anilines is 1. The standard InChI is InChI=1S/C19H21FN2O3S2/c1-26-13-11-16(21-27(24,25)18-9-5-3-7-15(18)20)19(23)22-12-10-14-6-2-4-8-17(14)22/h2-9,16,21H,10-13H2,1H3. The molecule has 1 aliphatic rings. The molecule has 27 heavy (non-hydrogen) atoms. The van der Waals surface area contributed by atoms with E-state index in [1.807, 2.05) is 30.5 Å². The minimum absolute atomic E-state index is 0.311. The summed E-state index contributed by atoms with van der Waals surface area (Å²) in [5, 5.41) is 0. The normalized spacial score (nSPS) is 14.8. The molecule has 2 aromatic rings. The average Bonchev–Trinajstić information content (AvgIpc) is 3.09. The number of benzene rings is 2. The number of thioether (sulfide) groups is 1. The molecule has 1 aliphatic heterocycles. The van der Waals surface area contributed by atoms with Gasteiger partial charge in [0.25, 0.3) is 0 Å². The number of amides is 1. The molecular weight excluding hydrogens is 387 g/mol. The van der Waals surface area contributed by atoms with Crippen molar-refractivity contribution >= 4 is 33.4 Å². The number of carbonyl (C=O) groups excluding carboxylic acids is 1. The molecule has 0 bridgehead atoms. The summed E-state index contributed by atoms with van der Waals surface area (Å²) < 4.78 is 41.7. The van der Waals surface area contributed by atoms with Gasteiger partial charge in [-0.15, -0.1) is 0 Å². The number of hydrogen-bond donors (Lipinski definition) is 1. The van der Waals surface area contributed by atoms with Crippen LogP contribution in [0.3, 0.4) is 0 Å². The molecule has 0 spiro atoms. The molecule has 1 amide bonds. The summed E-state index contributed by atoms with van der Waals surface area (Å²) in [6.07, 6.45) is 2.95. The quantitative estimate of drug-likeness (QED) is 0.765. The van der Waals surface area contributed by atoms with E-state index in [-0.39, 0.29) is 5.91 Å². The Labute approximate surface area is 163 Å². The van der Waals surface area contributed by atoms with Crippen LogP contribution >= 0.6 is 11.8 Å². The summed E-state index contributed by atoms with van der Waals surface area (Å²) in [5.41, 5.74) is 1.87. The average molecular weight is 409 g/mol. The van der Waals surface area contributed by atoms with Crippen LogP contribution in [0, 0.1) is 5.82 Å². The second-order valence-corrected chi connectivity index (χ2v) is 8.92. The Morgan fingerprint density at radius 2 is 1.93 bits per heavy atom. The van der Waals surface area contributed by atoms with Crippen molar-refractivity contribution in [3.8, 4) is 0 Å². The molecule has 0 aromatic heterocycles. The van der Waals surface area contributed by atoms with Crippen LogP contribution in [0.25, 0.3) is 0 Å². The third-order valence-corrected chi connectivity index (χ3v) is 6.63. The molecule has 0 saturated heterocycles. The molecule has 1 unspecified atom stereocenters. The van der Waals surface area contributed by atoms with Gasteiger partial charge in [0.2, 0.25) is 15.9 Å². The van der Waals surface area contributed by atoms with Gasteiger partial charge in [-0.3, -0.25) is 4.79 Å². The summed E-state index contributed by atoms with van der Waals surface area (Å²) in [7, 11) is -4.15. The number of sulfonamides is 1. The maximum Gasteiger partial charge on any atom is 0.245 e. The van der Waals surface area contributed by atoms with Crippen LogP contribution in [-0.4, -0.2) is 38.9 Å². The maximum absolute atomic E-state index is 14.0. The molecule has 2 aromatic carbocycles. The highest BCUT2D eigenvalue weighted by molar-refractivity contribution is 7.98. The largest absolute Gasteiger partial charge is 0.310 e. The van der Waals surface area contributed by atoms with E-state index in [0.717, 1.165) is 23.7 Å². The van der Waals surface area contributed by atoms with E-state index in [0.29, 0.717) is 18.7 Å². The van der Waals surface area contributed by atoms with E-state index in [1.165, 1.54) is 30.0 Å². The molecule has 0 aliphatic carbocycles. The number of para-hydroxylation sites is 1. The van der Waals surface area contributed by atoms with Gasteiger partial charge < -0.3 is 4.90 Å². The van der Waals surface area contributed by atoms with Gasteiger partial charge in [-0.25, -0.2) is 12.8 Å². The van der Waals surface area contributed by atoms with Gasteiger partial charge in [0.05, 0.1) is 0 Å². The lowest BCUT2D eigenvalue weighted by Gasteiger charge is -2.25. The Morgan fingerprint density at radius 3 is 2.67 bits per heavy atom. The highest BCUT2D eigenvalue weighted by Gasteiger charge is 2.33. The van der Waals surface area contributed by atoms with Crippen molar-refractivity contribution in [1.29, 1.82) is 0 Å². The van der Waals surface area contributed by atoms with E-state index in [1.54, 1.807) is 4.90 Å². The molecule has 1 heterocycles. The van der Waals surface area contributed by atoms with Crippen LogP contribution in [0.2, 0.25) is 0 Å². The first-order chi connectivity index (χ1) is 12.9. The lowest BCUT2D eigenvalue weighted by atomic mass is 10.1. The predicted octanol–water partition coefficient (Wildman–Crippen LogP) is 2.82. The molecule has 0 saturated carbocycles. The number of fused-ring (bicyclic) bond motifs is 1. The molecule has 8 heteroatoms. The van der Waals surface area contributed by atoms with Gasteiger partial charge in [-0.1, -0.05) is 30.3 Å². The molecule has 0 fully saturated rings. The third kappa shape index (κ3) is 4.34. The zero-order valence-electron chi connectivity index (χ0n) is 14.9. The van der Waals surface area contributed by atoms with Gasteiger partial charge in [0.15, 0.2) is 0 Å². The van der Waals surface area contributed by atoms with Crippen LogP contribution in [0.5, 0.6) is 0 Å². The Morgan fingerprint density at radius 1 is 1.22 bits per heavy atom. The zero-order valence-corrected chi connectivity index (χ0v) is 16.5. The highest BCUT2D eigenvalue weighted by atomic mass is 32.2. The summed E-state index contributed by atoms with van der Waals surface area (Å²) in [5.74, 6) is -0.549. The Bertz CT molecular complexity index is 934. The van der Waals surface area contributed by atoms with Gasteiger partial charge in [0.1, 0.15) is 16.8 Å². The van der Waals surface area contributed by atoms with Crippen molar-refractivity contribution in [2.45, 2.75) is 23.8 Å². The minimum atomic E-state index is -4.15. The van der Waals surface area contributed by atoms with Crippen molar-refractivity contribution in [3.05, 3.63) is 59.9 Å². The van der Waals surface area contributed by atoms with E-state index >= 15 is 0 Å².